The Bertz CT molecular complexity index is 504. The van der Waals surface area contributed by atoms with Crippen molar-refractivity contribution in [2.45, 2.75) is 52.6 Å². The average molecular weight is 366 g/mol. The molecule has 2 heterocycles. The molecule has 0 spiro atoms. The molecule has 1 aliphatic heterocycles. The predicted molar refractivity (Wildman–Crippen MR) is 104 cm³/mol. The van der Waals surface area contributed by atoms with Crippen LogP contribution in [0.4, 0.5) is 0 Å². The molecule has 0 saturated carbocycles. The van der Waals surface area contributed by atoms with Crippen molar-refractivity contribution in [2.24, 2.45) is 0 Å². The van der Waals surface area contributed by atoms with E-state index >= 15 is 0 Å². The maximum atomic E-state index is 5.68. The third kappa shape index (κ3) is 8.23. The van der Waals surface area contributed by atoms with Crippen molar-refractivity contribution >= 4 is 0 Å². The van der Waals surface area contributed by atoms with Gasteiger partial charge in [-0.3, -0.25) is 0 Å². The van der Waals surface area contributed by atoms with Gasteiger partial charge in [0.25, 0.3) is 0 Å². The number of aromatic nitrogens is 2. The highest BCUT2D eigenvalue weighted by atomic mass is 16.5. The molecule has 0 aromatic carbocycles. The topological polar surface area (TPSA) is 33.8 Å². The monoisotopic (exact) mass is 365 g/mol. The molecular formula is C20H37N4O2+. The Kier molecular flexibility index (Phi) is 10.2. The Morgan fingerprint density at radius 2 is 1.54 bits per heavy atom. The molecule has 1 aromatic heterocycles. The van der Waals surface area contributed by atoms with Crippen molar-refractivity contribution in [1.29, 1.82) is 0 Å². The van der Waals surface area contributed by atoms with Gasteiger partial charge in [-0.1, -0.05) is 26.7 Å². The smallest absolute Gasteiger partial charge is 0.243 e. The Labute approximate surface area is 159 Å². The molecule has 0 N–H and O–H groups in total. The van der Waals surface area contributed by atoms with Crippen LogP contribution in [0, 0.1) is 0 Å². The molecular weight excluding hydrogens is 328 g/mol. The van der Waals surface area contributed by atoms with Crippen LogP contribution in [0.3, 0.4) is 0 Å². The number of ether oxygens (including phenoxy) is 2. The molecule has 2 rings (SSSR count). The standard InChI is InChI=1S/C20H37N4O2/c1-3-5-7-21-9-11-23(19-21)13-15-25-17-18-26-16-14-24-12-10-22(20-24)8-6-4-2/h9-12,19H,3-8,13-18,20H2,1-2H3/q+1. The summed E-state index contributed by atoms with van der Waals surface area (Å²) in [6.45, 7) is 12.3. The zero-order valence-corrected chi connectivity index (χ0v) is 16.7. The van der Waals surface area contributed by atoms with Crippen LogP contribution >= 0.6 is 0 Å². The summed E-state index contributed by atoms with van der Waals surface area (Å²) >= 11 is 0. The van der Waals surface area contributed by atoms with Gasteiger partial charge in [0.15, 0.2) is 0 Å². The number of hydrogen-bond acceptors (Lipinski definition) is 4. The lowest BCUT2D eigenvalue weighted by molar-refractivity contribution is -0.696. The van der Waals surface area contributed by atoms with E-state index in [1.807, 2.05) is 0 Å². The molecule has 0 fully saturated rings. The number of unbranched alkanes of at least 4 members (excludes halogenated alkanes) is 2. The lowest BCUT2D eigenvalue weighted by Crippen LogP contribution is -2.30. The van der Waals surface area contributed by atoms with Crippen molar-refractivity contribution < 1.29 is 14.0 Å². The Morgan fingerprint density at radius 1 is 0.846 bits per heavy atom. The summed E-state index contributed by atoms with van der Waals surface area (Å²) < 4.78 is 15.8. The van der Waals surface area contributed by atoms with E-state index in [4.69, 9.17) is 9.47 Å². The zero-order valence-electron chi connectivity index (χ0n) is 16.7. The minimum Gasteiger partial charge on any atom is -0.377 e. The minimum atomic E-state index is 0.662. The summed E-state index contributed by atoms with van der Waals surface area (Å²) in [5.41, 5.74) is 0. The molecule has 6 heteroatoms. The summed E-state index contributed by atoms with van der Waals surface area (Å²) in [5.74, 6) is 0. The van der Waals surface area contributed by atoms with Crippen molar-refractivity contribution in [3.63, 3.8) is 0 Å². The first-order valence-electron chi connectivity index (χ1n) is 10.2. The number of aryl methyl sites for hydroxylation is 1. The first-order valence-corrected chi connectivity index (χ1v) is 10.2. The van der Waals surface area contributed by atoms with Gasteiger partial charge in [0.1, 0.15) is 18.9 Å². The van der Waals surface area contributed by atoms with Crippen LogP contribution in [0.25, 0.3) is 0 Å². The van der Waals surface area contributed by atoms with Gasteiger partial charge in [-0.2, -0.15) is 0 Å². The fourth-order valence-corrected chi connectivity index (χ4v) is 2.89. The fraction of sp³-hybridized carbons (Fsp3) is 0.750. The van der Waals surface area contributed by atoms with Gasteiger partial charge in [0.05, 0.1) is 39.6 Å². The van der Waals surface area contributed by atoms with Gasteiger partial charge in [0, 0.05) is 25.5 Å². The minimum absolute atomic E-state index is 0.662. The van der Waals surface area contributed by atoms with Gasteiger partial charge in [-0.15, -0.1) is 0 Å². The third-order valence-corrected chi connectivity index (χ3v) is 4.56. The van der Waals surface area contributed by atoms with Crippen molar-refractivity contribution in [3.05, 3.63) is 31.1 Å². The van der Waals surface area contributed by atoms with Gasteiger partial charge in [-0.05, 0) is 12.8 Å². The second-order valence-corrected chi connectivity index (χ2v) is 6.89. The highest BCUT2D eigenvalue weighted by Gasteiger charge is 2.10. The van der Waals surface area contributed by atoms with Crippen LogP contribution in [0.15, 0.2) is 31.1 Å². The van der Waals surface area contributed by atoms with Crippen LogP contribution in [-0.4, -0.2) is 60.6 Å². The predicted octanol–water partition coefficient (Wildman–Crippen LogP) is 2.46. The average Bonchev–Trinajstić information content (AvgIpc) is 3.29. The van der Waals surface area contributed by atoms with Crippen molar-refractivity contribution in [3.8, 4) is 0 Å². The Hall–Kier alpha value is -1.53. The van der Waals surface area contributed by atoms with E-state index in [1.165, 1.54) is 25.7 Å². The number of imidazole rings is 1. The third-order valence-electron chi connectivity index (χ3n) is 4.56. The SMILES string of the molecule is CCCCN1C=CN(CCOCCOCCn2cc[n+](CCCC)c2)C1. The molecule has 1 aliphatic rings. The number of nitrogens with zero attached hydrogens (tertiary/aromatic N) is 4. The van der Waals surface area contributed by atoms with E-state index in [-0.39, 0.29) is 0 Å². The quantitative estimate of drug-likeness (QED) is 0.353. The Morgan fingerprint density at radius 3 is 2.27 bits per heavy atom. The zero-order chi connectivity index (χ0) is 18.5. The molecule has 1 aromatic rings. The van der Waals surface area contributed by atoms with E-state index in [0.29, 0.717) is 13.2 Å². The molecule has 0 aliphatic carbocycles. The van der Waals surface area contributed by atoms with Crippen molar-refractivity contribution in [2.75, 3.05) is 46.2 Å². The molecule has 148 valence electrons. The highest BCUT2D eigenvalue weighted by molar-refractivity contribution is 4.90. The van der Waals surface area contributed by atoms with Gasteiger partial charge >= 0.3 is 0 Å². The summed E-state index contributed by atoms with van der Waals surface area (Å²) in [6.07, 6.45) is 15.7. The number of rotatable bonds is 15. The van der Waals surface area contributed by atoms with Crippen LogP contribution in [0.2, 0.25) is 0 Å². The van der Waals surface area contributed by atoms with Gasteiger partial charge in [0.2, 0.25) is 6.33 Å². The molecule has 0 amide bonds. The lowest BCUT2D eigenvalue weighted by atomic mass is 10.3. The maximum Gasteiger partial charge on any atom is 0.243 e. The molecule has 26 heavy (non-hydrogen) atoms. The van der Waals surface area contributed by atoms with E-state index in [9.17, 15) is 0 Å². The fourth-order valence-electron chi connectivity index (χ4n) is 2.89. The van der Waals surface area contributed by atoms with E-state index in [0.717, 1.165) is 46.1 Å². The molecule has 0 bridgehead atoms. The second-order valence-electron chi connectivity index (χ2n) is 6.89. The van der Waals surface area contributed by atoms with Gasteiger partial charge < -0.3 is 19.3 Å². The van der Waals surface area contributed by atoms with E-state index in [2.05, 4.69) is 63.9 Å². The van der Waals surface area contributed by atoms with Crippen LogP contribution in [0.1, 0.15) is 39.5 Å². The second kappa shape index (κ2) is 12.8. The maximum absolute atomic E-state index is 5.68. The van der Waals surface area contributed by atoms with Crippen LogP contribution in [0.5, 0.6) is 0 Å². The highest BCUT2D eigenvalue weighted by Crippen LogP contribution is 2.07. The van der Waals surface area contributed by atoms with Crippen molar-refractivity contribution in [1.82, 2.24) is 14.4 Å². The van der Waals surface area contributed by atoms with E-state index < -0.39 is 0 Å². The molecule has 6 nitrogen and oxygen atoms in total. The molecule has 0 atom stereocenters. The molecule has 0 radical (unpaired) electrons. The van der Waals surface area contributed by atoms with E-state index in [1.54, 1.807) is 0 Å². The summed E-state index contributed by atoms with van der Waals surface area (Å²) in [6, 6.07) is 0. The number of hydrogen-bond donors (Lipinski definition) is 0. The van der Waals surface area contributed by atoms with Crippen LogP contribution < -0.4 is 4.57 Å². The first-order chi connectivity index (χ1) is 12.8. The first kappa shape index (κ1) is 20.8. The largest absolute Gasteiger partial charge is 0.377 e. The van der Waals surface area contributed by atoms with Crippen LogP contribution in [-0.2, 0) is 22.6 Å². The molecule has 0 saturated heterocycles. The normalized spacial score (nSPS) is 13.9. The summed E-state index contributed by atoms with van der Waals surface area (Å²) in [4.78, 5) is 4.66. The summed E-state index contributed by atoms with van der Waals surface area (Å²) in [5, 5.41) is 0. The Balaban J connectivity index is 1.40. The lowest BCUT2D eigenvalue weighted by Gasteiger charge is -2.21. The van der Waals surface area contributed by atoms with Gasteiger partial charge in [-0.25, -0.2) is 9.13 Å². The summed E-state index contributed by atoms with van der Waals surface area (Å²) in [7, 11) is 0. The molecule has 0 unspecified atom stereocenters.